The van der Waals surface area contributed by atoms with Crippen LogP contribution in [0.5, 0.6) is 5.75 Å². The number of halogens is 2. The normalized spacial score (nSPS) is 14.7. The standard InChI is InChI=1S/C11H15F2NO/c1-3-11(2,7-14)15-8-4-5-9(12)10(13)6-8/h4-6H,3,7,14H2,1-2H3. The number of nitrogens with two attached hydrogens (primary N) is 1. The lowest BCUT2D eigenvalue weighted by Crippen LogP contribution is -2.39. The van der Waals surface area contributed by atoms with Crippen LogP contribution in [0.15, 0.2) is 18.2 Å². The third kappa shape index (κ3) is 2.89. The molecule has 2 nitrogen and oxygen atoms in total. The molecule has 15 heavy (non-hydrogen) atoms. The fourth-order valence-corrected chi connectivity index (χ4v) is 1.08. The van der Waals surface area contributed by atoms with Crippen LogP contribution in [-0.2, 0) is 0 Å². The molecule has 1 atom stereocenters. The van der Waals surface area contributed by atoms with Crippen molar-refractivity contribution >= 4 is 0 Å². The van der Waals surface area contributed by atoms with Crippen molar-refractivity contribution in [1.29, 1.82) is 0 Å². The second-order valence-electron chi connectivity index (χ2n) is 3.69. The van der Waals surface area contributed by atoms with E-state index in [1.807, 2.05) is 13.8 Å². The average Bonchev–Trinajstić information content (AvgIpc) is 2.23. The quantitative estimate of drug-likeness (QED) is 0.837. The summed E-state index contributed by atoms with van der Waals surface area (Å²) in [6.45, 7) is 4.07. The van der Waals surface area contributed by atoms with Crippen molar-refractivity contribution in [2.45, 2.75) is 25.9 Å². The van der Waals surface area contributed by atoms with Crippen LogP contribution < -0.4 is 10.5 Å². The van der Waals surface area contributed by atoms with Crippen molar-refractivity contribution in [3.63, 3.8) is 0 Å². The summed E-state index contributed by atoms with van der Waals surface area (Å²) in [5.41, 5.74) is 5.00. The SMILES string of the molecule is CCC(C)(CN)Oc1ccc(F)c(F)c1. The minimum Gasteiger partial charge on any atom is -0.486 e. The molecule has 84 valence electrons. The molecule has 0 amide bonds. The molecule has 0 fully saturated rings. The molecule has 0 saturated carbocycles. The molecular weight excluding hydrogens is 200 g/mol. The average molecular weight is 215 g/mol. The molecule has 1 unspecified atom stereocenters. The van der Waals surface area contributed by atoms with Gasteiger partial charge in [0.05, 0.1) is 0 Å². The number of ether oxygens (including phenoxy) is 1. The third-order valence-corrected chi connectivity index (χ3v) is 2.44. The lowest BCUT2D eigenvalue weighted by Gasteiger charge is -2.28. The molecule has 1 rings (SSSR count). The molecule has 1 aromatic rings. The van der Waals surface area contributed by atoms with Crippen LogP contribution in [0, 0.1) is 11.6 Å². The maximum Gasteiger partial charge on any atom is 0.162 e. The van der Waals surface area contributed by atoms with E-state index in [4.69, 9.17) is 10.5 Å². The Bertz CT molecular complexity index is 337. The largest absolute Gasteiger partial charge is 0.486 e. The zero-order chi connectivity index (χ0) is 11.5. The van der Waals surface area contributed by atoms with Crippen LogP contribution in [0.4, 0.5) is 8.78 Å². The molecule has 0 radical (unpaired) electrons. The van der Waals surface area contributed by atoms with Gasteiger partial charge < -0.3 is 10.5 Å². The summed E-state index contributed by atoms with van der Waals surface area (Å²) >= 11 is 0. The molecule has 2 N–H and O–H groups in total. The Hall–Kier alpha value is -1.16. The summed E-state index contributed by atoms with van der Waals surface area (Å²) in [5.74, 6) is -1.50. The zero-order valence-electron chi connectivity index (χ0n) is 8.89. The van der Waals surface area contributed by atoms with Gasteiger partial charge in [-0.15, -0.1) is 0 Å². The second-order valence-corrected chi connectivity index (χ2v) is 3.69. The van der Waals surface area contributed by atoms with Crippen molar-refractivity contribution in [2.24, 2.45) is 5.73 Å². The first-order valence-electron chi connectivity index (χ1n) is 4.85. The lowest BCUT2D eigenvalue weighted by atomic mass is 10.0. The Morgan fingerprint density at radius 1 is 1.33 bits per heavy atom. The molecule has 0 aliphatic rings. The predicted molar refractivity (Wildman–Crippen MR) is 54.7 cm³/mol. The van der Waals surface area contributed by atoms with E-state index < -0.39 is 17.2 Å². The van der Waals surface area contributed by atoms with Crippen LogP contribution >= 0.6 is 0 Å². The van der Waals surface area contributed by atoms with Crippen molar-refractivity contribution in [2.75, 3.05) is 6.54 Å². The first-order chi connectivity index (χ1) is 7.00. The van der Waals surface area contributed by atoms with Crippen LogP contribution in [0.25, 0.3) is 0 Å². The first kappa shape index (κ1) is 11.9. The molecular formula is C11H15F2NO. The minimum absolute atomic E-state index is 0.295. The Kier molecular flexibility index (Phi) is 3.63. The molecule has 0 aliphatic carbocycles. The van der Waals surface area contributed by atoms with Gasteiger partial charge in [0.1, 0.15) is 11.4 Å². The highest BCUT2D eigenvalue weighted by molar-refractivity contribution is 5.24. The summed E-state index contributed by atoms with van der Waals surface area (Å²) in [6, 6.07) is 3.46. The molecule has 0 spiro atoms. The monoisotopic (exact) mass is 215 g/mol. The van der Waals surface area contributed by atoms with E-state index in [1.165, 1.54) is 6.07 Å². The Morgan fingerprint density at radius 3 is 2.47 bits per heavy atom. The lowest BCUT2D eigenvalue weighted by molar-refractivity contribution is 0.0929. The summed E-state index contributed by atoms with van der Waals surface area (Å²) < 4.78 is 31.0. The van der Waals surface area contributed by atoms with Gasteiger partial charge in [-0.1, -0.05) is 6.92 Å². The molecule has 1 aromatic carbocycles. The molecule has 0 aliphatic heterocycles. The Labute approximate surface area is 88.0 Å². The number of rotatable bonds is 4. The van der Waals surface area contributed by atoms with E-state index in [-0.39, 0.29) is 0 Å². The van der Waals surface area contributed by atoms with Crippen molar-refractivity contribution in [3.05, 3.63) is 29.8 Å². The smallest absolute Gasteiger partial charge is 0.162 e. The number of benzene rings is 1. The highest BCUT2D eigenvalue weighted by Gasteiger charge is 2.22. The Morgan fingerprint density at radius 2 is 2.00 bits per heavy atom. The topological polar surface area (TPSA) is 35.2 Å². The highest BCUT2D eigenvalue weighted by atomic mass is 19.2. The van der Waals surface area contributed by atoms with E-state index in [1.54, 1.807) is 0 Å². The van der Waals surface area contributed by atoms with E-state index in [0.29, 0.717) is 18.7 Å². The maximum atomic E-state index is 12.9. The summed E-state index contributed by atoms with van der Waals surface area (Å²) in [7, 11) is 0. The zero-order valence-corrected chi connectivity index (χ0v) is 8.89. The first-order valence-corrected chi connectivity index (χ1v) is 4.85. The van der Waals surface area contributed by atoms with E-state index in [2.05, 4.69) is 0 Å². The predicted octanol–water partition coefficient (Wildman–Crippen LogP) is 2.47. The molecule has 0 saturated heterocycles. The van der Waals surface area contributed by atoms with Gasteiger partial charge in [0.15, 0.2) is 11.6 Å². The molecule has 0 heterocycles. The van der Waals surface area contributed by atoms with Crippen LogP contribution in [0.1, 0.15) is 20.3 Å². The fourth-order valence-electron chi connectivity index (χ4n) is 1.08. The summed E-state index contributed by atoms with van der Waals surface area (Å²) in [6.07, 6.45) is 0.697. The van der Waals surface area contributed by atoms with E-state index in [0.717, 1.165) is 12.1 Å². The Balaban J connectivity index is 2.85. The van der Waals surface area contributed by atoms with Gasteiger partial charge in [0, 0.05) is 12.6 Å². The van der Waals surface area contributed by atoms with Gasteiger partial charge in [-0.25, -0.2) is 8.78 Å². The molecule has 0 aromatic heterocycles. The summed E-state index contributed by atoms with van der Waals surface area (Å²) in [5, 5.41) is 0. The van der Waals surface area contributed by atoms with Crippen LogP contribution in [0.3, 0.4) is 0 Å². The van der Waals surface area contributed by atoms with Crippen LogP contribution in [0.2, 0.25) is 0 Å². The summed E-state index contributed by atoms with van der Waals surface area (Å²) in [4.78, 5) is 0. The van der Waals surface area contributed by atoms with Gasteiger partial charge in [-0.2, -0.15) is 0 Å². The number of hydrogen-bond donors (Lipinski definition) is 1. The van der Waals surface area contributed by atoms with Gasteiger partial charge in [-0.3, -0.25) is 0 Å². The van der Waals surface area contributed by atoms with Gasteiger partial charge in [-0.05, 0) is 25.5 Å². The third-order valence-electron chi connectivity index (χ3n) is 2.44. The van der Waals surface area contributed by atoms with Gasteiger partial charge >= 0.3 is 0 Å². The van der Waals surface area contributed by atoms with Gasteiger partial charge in [0.2, 0.25) is 0 Å². The van der Waals surface area contributed by atoms with Gasteiger partial charge in [0.25, 0.3) is 0 Å². The minimum atomic E-state index is -0.914. The molecule has 0 bridgehead atoms. The molecule has 4 heteroatoms. The number of hydrogen-bond acceptors (Lipinski definition) is 2. The van der Waals surface area contributed by atoms with E-state index in [9.17, 15) is 8.78 Å². The van der Waals surface area contributed by atoms with Crippen molar-refractivity contribution in [3.8, 4) is 5.75 Å². The van der Waals surface area contributed by atoms with Crippen molar-refractivity contribution < 1.29 is 13.5 Å². The highest BCUT2D eigenvalue weighted by Crippen LogP contribution is 2.22. The van der Waals surface area contributed by atoms with Crippen LogP contribution in [-0.4, -0.2) is 12.1 Å². The maximum absolute atomic E-state index is 12.9. The van der Waals surface area contributed by atoms with Crippen molar-refractivity contribution in [1.82, 2.24) is 0 Å². The fraction of sp³-hybridized carbons (Fsp3) is 0.455. The van der Waals surface area contributed by atoms with E-state index >= 15 is 0 Å². The second kappa shape index (κ2) is 4.57.